The molecule has 0 radical (unpaired) electrons. The fraction of sp³-hybridized carbons (Fsp3) is 0.524. The van der Waals surface area contributed by atoms with Gasteiger partial charge in [-0.25, -0.2) is 4.68 Å². The summed E-state index contributed by atoms with van der Waals surface area (Å²) < 4.78 is 1.43. The highest BCUT2D eigenvalue weighted by Gasteiger charge is 2.29. The van der Waals surface area contributed by atoms with Gasteiger partial charge in [0.25, 0.3) is 0 Å². The van der Waals surface area contributed by atoms with E-state index in [1.807, 2.05) is 19.1 Å². The van der Waals surface area contributed by atoms with Gasteiger partial charge in [-0.3, -0.25) is 9.59 Å². The van der Waals surface area contributed by atoms with Gasteiger partial charge in [-0.05, 0) is 30.7 Å². The van der Waals surface area contributed by atoms with Crippen LogP contribution in [0.4, 0.5) is 0 Å². The minimum atomic E-state index is -0.363. The summed E-state index contributed by atoms with van der Waals surface area (Å²) in [4.78, 5) is 25.9. The van der Waals surface area contributed by atoms with Crippen molar-refractivity contribution >= 4 is 23.6 Å². The molecule has 8 nitrogen and oxygen atoms in total. The average molecular weight is 431 g/mol. The summed E-state index contributed by atoms with van der Waals surface area (Å²) >= 11 is 1.28. The number of likely N-dealkylation sites (tertiary alicyclic amines) is 1. The molecule has 0 bridgehead atoms. The number of hydrogen-bond acceptors (Lipinski definition) is 6. The van der Waals surface area contributed by atoms with Crippen molar-refractivity contribution in [2.45, 2.75) is 56.4 Å². The number of carbonyl (C=O) groups excluding carboxylic acids is 2. The van der Waals surface area contributed by atoms with Crippen molar-refractivity contribution in [1.82, 2.24) is 19.8 Å². The summed E-state index contributed by atoms with van der Waals surface area (Å²) in [5, 5.41) is 8.53. The quantitative estimate of drug-likeness (QED) is 0.554. The molecule has 1 saturated heterocycles. The van der Waals surface area contributed by atoms with Gasteiger partial charge >= 0.3 is 0 Å². The van der Waals surface area contributed by atoms with Gasteiger partial charge in [-0.1, -0.05) is 56.8 Å². The van der Waals surface area contributed by atoms with E-state index in [-0.39, 0.29) is 28.4 Å². The summed E-state index contributed by atoms with van der Waals surface area (Å²) in [6.07, 6.45) is 1.22. The Hall–Kier alpha value is -2.55. The fourth-order valence-electron chi connectivity index (χ4n) is 3.52. The van der Waals surface area contributed by atoms with Gasteiger partial charge in [-0.15, -0.1) is 10.2 Å². The third-order valence-electron chi connectivity index (χ3n) is 5.51. The minimum absolute atomic E-state index is 0.00185. The predicted octanol–water partition coefficient (Wildman–Crippen LogP) is 2.16. The fourth-order valence-corrected chi connectivity index (χ4v) is 4.38. The van der Waals surface area contributed by atoms with Crippen molar-refractivity contribution in [3.05, 3.63) is 29.8 Å². The van der Waals surface area contributed by atoms with Gasteiger partial charge in [0.1, 0.15) is 0 Å². The molecule has 1 aromatic carbocycles. The molecule has 1 fully saturated rings. The Morgan fingerprint density at radius 3 is 2.27 bits per heavy atom. The van der Waals surface area contributed by atoms with E-state index in [0.29, 0.717) is 36.9 Å². The number of aromatic nitrogens is 3. The van der Waals surface area contributed by atoms with Gasteiger partial charge in [0, 0.05) is 24.6 Å². The average Bonchev–Trinajstić information content (AvgIpc) is 3.07. The highest BCUT2D eigenvalue weighted by atomic mass is 32.2. The maximum atomic E-state index is 12.8. The molecule has 9 heteroatoms. The van der Waals surface area contributed by atoms with Crippen LogP contribution in [0.15, 0.2) is 29.4 Å². The van der Waals surface area contributed by atoms with Crippen molar-refractivity contribution in [3.8, 4) is 11.4 Å². The molecule has 1 aromatic heterocycles. The van der Waals surface area contributed by atoms with Crippen LogP contribution >= 0.6 is 11.8 Å². The lowest BCUT2D eigenvalue weighted by molar-refractivity contribution is -0.134. The molecule has 3 rings (SSSR count). The van der Waals surface area contributed by atoms with Crippen LogP contribution in [-0.4, -0.2) is 49.9 Å². The molecule has 1 atom stereocenters. The van der Waals surface area contributed by atoms with E-state index < -0.39 is 0 Å². The zero-order chi connectivity index (χ0) is 22.1. The maximum Gasteiger partial charge on any atom is 0.235 e. The molecule has 0 aliphatic carbocycles. The number of thioether (sulfide) groups is 1. The smallest absolute Gasteiger partial charge is 0.235 e. The molecule has 162 valence electrons. The summed E-state index contributed by atoms with van der Waals surface area (Å²) in [6, 6.07) is 8.11. The lowest BCUT2D eigenvalue weighted by Gasteiger charge is -2.32. The monoisotopic (exact) mass is 430 g/mol. The highest BCUT2D eigenvalue weighted by molar-refractivity contribution is 8.00. The summed E-state index contributed by atoms with van der Waals surface area (Å²) in [6.45, 7) is 9.40. The van der Waals surface area contributed by atoms with Gasteiger partial charge in [-0.2, -0.15) is 0 Å². The van der Waals surface area contributed by atoms with E-state index in [0.717, 1.165) is 5.56 Å². The number of nitrogens with zero attached hydrogens (tertiary/aromatic N) is 4. The van der Waals surface area contributed by atoms with E-state index in [2.05, 4.69) is 43.1 Å². The number of piperidine rings is 1. The molecular weight excluding hydrogens is 400 g/mol. The summed E-state index contributed by atoms with van der Waals surface area (Å²) in [7, 11) is 0. The third-order valence-corrected chi connectivity index (χ3v) is 6.56. The number of hydrogen-bond donors (Lipinski definition) is 2. The molecule has 1 aliphatic rings. The number of benzene rings is 1. The molecular formula is C21H30N6O2S. The molecule has 30 heavy (non-hydrogen) atoms. The Labute approximate surface area is 181 Å². The van der Waals surface area contributed by atoms with Gasteiger partial charge in [0.2, 0.25) is 17.0 Å². The number of rotatable bonds is 5. The van der Waals surface area contributed by atoms with Gasteiger partial charge in [0.05, 0.1) is 5.25 Å². The van der Waals surface area contributed by atoms with Crippen LogP contribution in [0.2, 0.25) is 0 Å². The Balaban J connectivity index is 1.66. The lowest BCUT2D eigenvalue weighted by atomic mass is 9.87. The first kappa shape index (κ1) is 22.1. The third kappa shape index (κ3) is 4.77. The first-order chi connectivity index (χ1) is 14.1. The van der Waals surface area contributed by atoms with Crippen LogP contribution in [-0.2, 0) is 15.0 Å². The van der Waals surface area contributed by atoms with Crippen LogP contribution in [0, 0.1) is 5.92 Å². The van der Waals surface area contributed by atoms with E-state index in [9.17, 15) is 9.59 Å². The first-order valence-electron chi connectivity index (χ1n) is 10.1. The lowest BCUT2D eigenvalue weighted by Crippen LogP contribution is -2.44. The number of primary amides is 1. The van der Waals surface area contributed by atoms with Crippen LogP contribution in [0.5, 0.6) is 0 Å². The second-order valence-electron chi connectivity index (χ2n) is 8.77. The Morgan fingerprint density at radius 2 is 1.73 bits per heavy atom. The van der Waals surface area contributed by atoms with E-state index in [4.69, 9.17) is 11.6 Å². The minimum Gasteiger partial charge on any atom is -0.369 e. The van der Waals surface area contributed by atoms with Crippen molar-refractivity contribution in [3.63, 3.8) is 0 Å². The SMILES string of the molecule is CC(Sc1nnc(-c2ccc(C(C)(C)C)cc2)n1N)C(=O)N1CCC(C(N)=O)CC1. The molecule has 4 N–H and O–H groups in total. The molecule has 2 heterocycles. The van der Waals surface area contributed by atoms with Crippen molar-refractivity contribution < 1.29 is 9.59 Å². The first-order valence-corrected chi connectivity index (χ1v) is 11.0. The number of amides is 2. The molecule has 0 saturated carbocycles. The highest BCUT2D eigenvalue weighted by Crippen LogP contribution is 2.29. The van der Waals surface area contributed by atoms with Gasteiger partial charge in [0.15, 0.2) is 5.82 Å². The van der Waals surface area contributed by atoms with Crippen molar-refractivity contribution in [2.75, 3.05) is 18.9 Å². The topological polar surface area (TPSA) is 120 Å². The van der Waals surface area contributed by atoms with Gasteiger partial charge < -0.3 is 16.5 Å². The Morgan fingerprint density at radius 1 is 1.13 bits per heavy atom. The van der Waals surface area contributed by atoms with Crippen LogP contribution in [0.25, 0.3) is 11.4 Å². The zero-order valence-electron chi connectivity index (χ0n) is 18.0. The Kier molecular flexibility index (Phi) is 6.40. The standard InChI is InChI=1S/C21H30N6O2S/c1-13(19(29)26-11-9-14(10-12-26)17(22)28)30-20-25-24-18(27(20)23)15-5-7-16(8-6-15)21(2,3)4/h5-8,13-14H,9-12,23H2,1-4H3,(H2,22,28). The number of carbonyl (C=O) groups is 2. The van der Waals surface area contributed by atoms with E-state index >= 15 is 0 Å². The number of nitrogens with two attached hydrogens (primary N) is 2. The van der Waals surface area contributed by atoms with Crippen molar-refractivity contribution in [2.24, 2.45) is 11.7 Å². The van der Waals surface area contributed by atoms with Crippen LogP contribution in [0.1, 0.15) is 46.1 Å². The molecule has 2 aromatic rings. The van der Waals surface area contributed by atoms with Crippen molar-refractivity contribution in [1.29, 1.82) is 0 Å². The summed E-state index contributed by atoms with van der Waals surface area (Å²) in [5.74, 6) is 6.36. The van der Waals surface area contributed by atoms with Crippen LogP contribution in [0.3, 0.4) is 0 Å². The van der Waals surface area contributed by atoms with Crippen LogP contribution < -0.4 is 11.6 Å². The summed E-state index contributed by atoms with van der Waals surface area (Å²) in [5.41, 5.74) is 7.53. The number of nitrogen functional groups attached to an aromatic ring is 1. The normalized spacial score (nSPS) is 16.5. The molecule has 0 spiro atoms. The second-order valence-corrected chi connectivity index (χ2v) is 10.1. The van der Waals surface area contributed by atoms with E-state index in [1.165, 1.54) is 22.0 Å². The van der Waals surface area contributed by atoms with E-state index in [1.54, 1.807) is 4.90 Å². The predicted molar refractivity (Wildman–Crippen MR) is 118 cm³/mol. The largest absolute Gasteiger partial charge is 0.369 e. The maximum absolute atomic E-state index is 12.8. The molecule has 1 unspecified atom stereocenters. The molecule has 1 aliphatic heterocycles. The zero-order valence-corrected chi connectivity index (χ0v) is 18.8. The Bertz CT molecular complexity index is 911. The second kappa shape index (κ2) is 8.67. The molecule has 2 amide bonds.